The van der Waals surface area contributed by atoms with Crippen molar-refractivity contribution in [1.29, 1.82) is 0 Å². The summed E-state index contributed by atoms with van der Waals surface area (Å²) in [6, 6.07) is 5.58. The Morgan fingerprint density at radius 3 is 2.94 bits per heavy atom. The second-order valence-corrected chi connectivity index (χ2v) is 3.00. The van der Waals surface area contributed by atoms with Crippen molar-refractivity contribution < 1.29 is 9.57 Å². The first kappa shape index (κ1) is 12.2. The van der Waals surface area contributed by atoms with Crippen LogP contribution >= 0.6 is 0 Å². The minimum atomic E-state index is 0.400. The Kier molecular flexibility index (Phi) is 5.03. The average Bonchev–Trinajstić information content (AvgIpc) is 2.30. The third kappa shape index (κ3) is 3.71. The number of ether oxygens (including phenoxy) is 1. The smallest absolute Gasteiger partial charge is 0.114 e. The van der Waals surface area contributed by atoms with Gasteiger partial charge in [-0.05, 0) is 25.0 Å². The van der Waals surface area contributed by atoms with E-state index in [2.05, 4.69) is 26.8 Å². The molecule has 0 aliphatic carbocycles. The van der Waals surface area contributed by atoms with Gasteiger partial charge in [-0.1, -0.05) is 17.1 Å². The van der Waals surface area contributed by atoms with Crippen LogP contribution in [0.4, 0.5) is 0 Å². The number of nitrogens with zero attached hydrogens (tertiary/aromatic N) is 2. The Morgan fingerprint density at radius 1 is 1.44 bits per heavy atom. The fourth-order valence-corrected chi connectivity index (χ4v) is 1.09. The largest absolute Gasteiger partial charge is 0.399 e. The zero-order valence-corrected chi connectivity index (χ0v) is 9.65. The zero-order valence-electron chi connectivity index (χ0n) is 9.65. The lowest BCUT2D eigenvalue weighted by atomic mass is 10.2. The number of aromatic nitrogens is 1. The van der Waals surface area contributed by atoms with Gasteiger partial charge in [0.2, 0.25) is 0 Å². The summed E-state index contributed by atoms with van der Waals surface area (Å²) in [6.07, 6.45) is 0. The van der Waals surface area contributed by atoms with Crippen molar-refractivity contribution in [2.24, 2.45) is 5.16 Å². The molecule has 0 saturated carbocycles. The molecule has 0 N–H and O–H groups in total. The molecule has 1 heterocycles. The quantitative estimate of drug-likeness (QED) is 0.438. The number of oxime groups is 1. The highest BCUT2D eigenvalue weighted by Crippen LogP contribution is 2.00. The highest BCUT2D eigenvalue weighted by atomic mass is 16.6. The van der Waals surface area contributed by atoms with Gasteiger partial charge < -0.3 is 9.57 Å². The van der Waals surface area contributed by atoms with Crippen LogP contribution in [0.15, 0.2) is 23.4 Å². The molecular formula is C12H14N2O2. The van der Waals surface area contributed by atoms with Crippen LogP contribution in [-0.2, 0) is 9.57 Å². The van der Waals surface area contributed by atoms with Crippen LogP contribution in [0.25, 0.3) is 0 Å². The SMILES string of the molecule is COCC#Cc1cccc(C(C)=NOC)n1. The Bertz CT molecular complexity index is 430. The molecule has 0 aliphatic rings. The lowest BCUT2D eigenvalue weighted by Crippen LogP contribution is -2.00. The van der Waals surface area contributed by atoms with E-state index >= 15 is 0 Å². The molecule has 0 atom stereocenters. The van der Waals surface area contributed by atoms with Crippen molar-refractivity contribution in [3.8, 4) is 11.8 Å². The van der Waals surface area contributed by atoms with Crippen LogP contribution in [0.5, 0.6) is 0 Å². The summed E-state index contributed by atoms with van der Waals surface area (Å²) >= 11 is 0. The number of hydrogen-bond acceptors (Lipinski definition) is 4. The molecule has 84 valence electrons. The lowest BCUT2D eigenvalue weighted by molar-refractivity contribution is 0.213. The number of hydrogen-bond donors (Lipinski definition) is 0. The first-order valence-corrected chi connectivity index (χ1v) is 4.81. The van der Waals surface area contributed by atoms with E-state index in [1.807, 2.05) is 25.1 Å². The third-order valence-corrected chi connectivity index (χ3v) is 1.78. The van der Waals surface area contributed by atoms with Crippen LogP contribution < -0.4 is 0 Å². The van der Waals surface area contributed by atoms with Gasteiger partial charge in [0.1, 0.15) is 25.1 Å². The number of rotatable bonds is 3. The van der Waals surface area contributed by atoms with Gasteiger partial charge in [-0.15, -0.1) is 0 Å². The second-order valence-electron chi connectivity index (χ2n) is 3.00. The summed E-state index contributed by atoms with van der Waals surface area (Å²) in [5.74, 6) is 5.74. The molecule has 4 nitrogen and oxygen atoms in total. The predicted octanol–water partition coefficient (Wildman–Crippen LogP) is 1.45. The van der Waals surface area contributed by atoms with Crippen LogP contribution in [0.1, 0.15) is 18.3 Å². The monoisotopic (exact) mass is 218 g/mol. The molecule has 1 aromatic heterocycles. The molecule has 1 rings (SSSR count). The van der Waals surface area contributed by atoms with E-state index < -0.39 is 0 Å². The lowest BCUT2D eigenvalue weighted by Gasteiger charge is -1.99. The van der Waals surface area contributed by atoms with Gasteiger partial charge in [0.05, 0.1) is 5.69 Å². The Hall–Kier alpha value is -1.86. The second kappa shape index (κ2) is 6.59. The number of methoxy groups -OCH3 is 1. The first-order chi connectivity index (χ1) is 7.77. The van der Waals surface area contributed by atoms with Crippen LogP contribution in [-0.4, -0.2) is 31.5 Å². The Labute approximate surface area is 95.3 Å². The van der Waals surface area contributed by atoms with Crippen LogP contribution in [0, 0.1) is 11.8 Å². The van der Waals surface area contributed by atoms with Crippen molar-refractivity contribution in [2.75, 3.05) is 20.8 Å². The molecule has 4 heteroatoms. The maximum absolute atomic E-state index is 4.83. The molecule has 16 heavy (non-hydrogen) atoms. The van der Waals surface area contributed by atoms with E-state index in [1.165, 1.54) is 7.11 Å². The Balaban J connectivity index is 2.88. The standard InChI is InChI=1S/C12H14N2O2/c1-10(14-16-3)12-8-4-6-11(13-12)7-5-9-15-2/h4,6,8H,9H2,1-3H3. The van der Waals surface area contributed by atoms with E-state index in [4.69, 9.17) is 4.74 Å². The molecule has 0 saturated heterocycles. The summed E-state index contributed by atoms with van der Waals surface area (Å²) in [4.78, 5) is 9.01. The first-order valence-electron chi connectivity index (χ1n) is 4.81. The molecule has 0 aliphatic heterocycles. The third-order valence-electron chi connectivity index (χ3n) is 1.78. The van der Waals surface area contributed by atoms with Gasteiger partial charge in [0, 0.05) is 7.11 Å². The van der Waals surface area contributed by atoms with E-state index in [9.17, 15) is 0 Å². The van der Waals surface area contributed by atoms with Gasteiger partial charge >= 0.3 is 0 Å². The minimum Gasteiger partial charge on any atom is -0.399 e. The highest BCUT2D eigenvalue weighted by molar-refractivity contribution is 5.96. The summed E-state index contributed by atoms with van der Waals surface area (Å²) in [5.41, 5.74) is 2.17. The average molecular weight is 218 g/mol. The highest BCUT2D eigenvalue weighted by Gasteiger charge is 1.99. The summed E-state index contributed by atoms with van der Waals surface area (Å²) in [6.45, 7) is 2.23. The maximum atomic E-state index is 4.83. The van der Waals surface area contributed by atoms with Gasteiger partial charge in [-0.3, -0.25) is 0 Å². The fourth-order valence-electron chi connectivity index (χ4n) is 1.09. The normalized spacial score (nSPS) is 10.6. The molecular weight excluding hydrogens is 204 g/mol. The van der Waals surface area contributed by atoms with E-state index in [0.717, 1.165) is 11.4 Å². The molecule has 1 aromatic rings. The summed E-state index contributed by atoms with van der Waals surface area (Å²) in [5, 5.41) is 3.81. The van der Waals surface area contributed by atoms with E-state index in [0.29, 0.717) is 12.3 Å². The maximum Gasteiger partial charge on any atom is 0.114 e. The van der Waals surface area contributed by atoms with Crippen LogP contribution in [0.3, 0.4) is 0 Å². The number of pyridine rings is 1. The molecule has 0 radical (unpaired) electrons. The van der Waals surface area contributed by atoms with E-state index in [1.54, 1.807) is 7.11 Å². The zero-order chi connectivity index (χ0) is 11.8. The van der Waals surface area contributed by atoms with Crippen molar-refractivity contribution in [3.63, 3.8) is 0 Å². The topological polar surface area (TPSA) is 43.7 Å². The molecule has 0 fully saturated rings. The Morgan fingerprint density at radius 2 is 2.25 bits per heavy atom. The minimum absolute atomic E-state index is 0.400. The van der Waals surface area contributed by atoms with Gasteiger partial charge in [-0.2, -0.15) is 0 Å². The van der Waals surface area contributed by atoms with E-state index in [-0.39, 0.29) is 0 Å². The summed E-state index contributed by atoms with van der Waals surface area (Å²) in [7, 11) is 3.11. The van der Waals surface area contributed by atoms with Crippen molar-refractivity contribution in [1.82, 2.24) is 4.98 Å². The van der Waals surface area contributed by atoms with Crippen molar-refractivity contribution >= 4 is 5.71 Å². The molecule has 0 amide bonds. The van der Waals surface area contributed by atoms with Crippen molar-refractivity contribution in [2.45, 2.75) is 6.92 Å². The molecule has 0 bridgehead atoms. The van der Waals surface area contributed by atoms with Gasteiger partial charge in [0.25, 0.3) is 0 Å². The molecule has 0 unspecified atom stereocenters. The van der Waals surface area contributed by atoms with Gasteiger partial charge in [0.15, 0.2) is 0 Å². The van der Waals surface area contributed by atoms with Crippen molar-refractivity contribution in [3.05, 3.63) is 29.6 Å². The van der Waals surface area contributed by atoms with Crippen LogP contribution in [0.2, 0.25) is 0 Å². The molecule has 0 spiro atoms. The predicted molar refractivity (Wildman–Crippen MR) is 62.2 cm³/mol. The molecule has 0 aromatic carbocycles. The fraction of sp³-hybridized carbons (Fsp3) is 0.333. The van der Waals surface area contributed by atoms with Gasteiger partial charge in [-0.25, -0.2) is 4.98 Å². The summed E-state index contributed by atoms with van der Waals surface area (Å²) < 4.78 is 4.83.